The van der Waals surface area contributed by atoms with Gasteiger partial charge in [0, 0.05) is 24.5 Å². The SMILES string of the molecule is CC.NCC(O)c1cccnc1. The van der Waals surface area contributed by atoms with E-state index in [-0.39, 0.29) is 6.54 Å². The van der Waals surface area contributed by atoms with Gasteiger partial charge in [-0.05, 0) is 6.07 Å². The highest BCUT2D eigenvalue weighted by Gasteiger charge is 2.02. The summed E-state index contributed by atoms with van der Waals surface area (Å²) < 4.78 is 0. The second kappa shape index (κ2) is 6.76. The molecule has 0 saturated heterocycles. The molecule has 0 bridgehead atoms. The molecule has 1 atom stereocenters. The molecular formula is C9H16N2O. The van der Waals surface area contributed by atoms with E-state index in [2.05, 4.69) is 4.98 Å². The fourth-order valence-corrected chi connectivity index (χ4v) is 0.709. The molecule has 1 aromatic rings. The van der Waals surface area contributed by atoms with E-state index in [0.717, 1.165) is 5.56 Å². The molecule has 0 amide bonds. The molecule has 1 heterocycles. The van der Waals surface area contributed by atoms with Crippen LogP contribution in [0, 0.1) is 0 Å². The zero-order chi connectivity index (χ0) is 9.40. The van der Waals surface area contributed by atoms with Gasteiger partial charge >= 0.3 is 0 Å². The molecule has 68 valence electrons. The minimum absolute atomic E-state index is 0.242. The summed E-state index contributed by atoms with van der Waals surface area (Å²) >= 11 is 0. The number of hydrogen-bond acceptors (Lipinski definition) is 3. The van der Waals surface area contributed by atoms with Gasteiger partial charge in [-0.1, -0.05) is 19.9 Å². The molecule has 0 fully saturated rings. The van der Waals surface area contributed by atoms with Crippen LogP contribution in [0.5, 0.6) is 0 Å². The van der Waals surface area contributed by atoms with Crippen molar-refractivity contribution in [3.05, 3.63) is 30.1 Å². The zero-order valence-corrected chi connectivity index (χ0v) is 7.57. The van der Waals surface area contributed by atoms with Gasteiger partial charge in [0.2, 0.25) is 0 Å². The number of aromatic nitrogens is 1. The number of aliphatic hydroxyl groups excluding tert-OH is 1. The summed E-state index contributed by atoms with van der Waals surface area (Å²) in [5.41, 5.74) is 5.99. The van der Waals surface area contributed by atoms with Gasteiger partial charge in [-0.2, -0.15) is 0 Å². The number of nitrogens with two attached hydrogens (primary N) is 1. The van der Waals surface area contributed by atoms with Crippen LogP contribution < -0.4 is 5.73 Å². The molecule has 1 aromatic heterocycles. The van der Waals surface area contributed by atoms with E-state index in [0.29, 0.717) is 0 Å². The molecular weight excluding hydrogens is 152 g/mol. The lowest BCUT2D eigenvalue weighted by Crippen LogP contribution is -2.11. The van der Waals surface area contributed by atoms with Gasteiger partial charge in [0.25, 0.3) is 0 Å². The van der Waals surface area contributed by atoms with Gasteiger partial charge in [-0.3, -0.25) is 4.98 Å². The second-order valence-corrected chi connectivity index (χ2v) is 2.04. The molecule has 1 rings (SSSR count). The Morgan fingerprint density at radius 1 is 1.58 bits per heavy atom. The Balaban J connectivity index is 0.000000561. The van der Waals surface area contributed by atoms with E-state index in [4.69, 9.17) is 10.8 Å². The fourth-order valence-electron chi connectivity index (χ4n) is 0.709. The van der Waals surface area contributed by atoms with Crippen molar-refractivity contribution in [3.63, 3.8) is 0 Å². The number of nitrogens with zero attached hydrogens (tertiary/aromatic N) is 1. The second-order valence-electron chi connectivity index (χ2n) is 2.04. The molecule has 3 N–H and O–H groups in total. The lowest BCUT2D eigenvalue weighted by molar-refractivity contribution is 0.186. The van der Waals surface area contributed by atoms with Crippen molar-refractivity contribution >= 4 is 0 Å². The maximum Gasteiger partial charge on any atom is 0.0927 e. The van der Waals surface area contributed by atoms with Crippen molar-refractivity contribution in [2.24, 2.45) is 5.73 Å². The van der Waals surface area contributed by atoms with E-state index in [1.807, 2.05) is 13.8 Å². The molecule has 0 aliphatic carbocycles. The molecule has 3 nitrogen and oxygen atoms in total. The highest BCUT2D eigenvalue weighted by atomic mass is 16.3. The van der Waals surface area contributed by atoms with Crippen LogP contribution in [0.15, 0.2) is 24.5 Å². The lowest BCUT2D eigenvalue weighted by atomic mass is 10.2. The van der Waals surface area contributed by atoms with Gasteiger partial charge in [0.1, 0.15) is 0 Å². The third-order valence-corrected chi connectivity index (χ3v) is 1.29. The normalized spacial score (nSPS) is 11.3. The van der Waals surface area contributed by atoms with E-state index in [1.54, 1.807) is 24.5 Å². The average Bonchev–Trinajstić information content (AvgIpc) is 2.21. The summed E-state index contributed by atoms with van der Waals surface area (Å²) in [6, 6.07) is 3.57. The number of aliphatic hydroxyl groups is 1. The Morgan fingerprint density at radius 2 is 2.25 bits per heavy atom. The highest BCUT2D eigenvalue weighted by molar-refractivity contribution is 5.11. The van der Waals surface area contributed by atoms with Crippen LogP contribution in [0.3, 0.4) is 0 Å². The Bertz CT molecular complexity index is 189. The summed E-state index contributed by atoms with van der Waals surface area (Å²) in [5.74, 6) is 0. The first-order valence-corrected chi connectivity index (χ1v) is 4.12. The number of pyridine rings is 1. The van der Waals surface area contributed by atoms with Crippen molar-refractivity contribution in [2.45, 2.75) is 20.0 Å². The van der Waals surface area contributed by atoms with Crippen LogP contribution >= 0.6 is 0 Å². The van der Waals surface area contributed by atoms with Gasteiger partial charge in [0.05, 0.1) is 6.10 Å². The zero-order valence-electron chi connectivity index (χ0n) is 7.57. The molecule has 12 heavy (non-hydrogen) atoms. The first-order valence-electron chi connectivity index (χ1n) is 4.12. The van der Waals surface area contributed by atoms with Crippen molar-refractivity contribution < 1.29 is 5.11 Å². The minimum Gasteiger partial charge on any atom is -0.387 e. The molecule has 0 aliphatic rings. The number of hydrogen-bond donors (Lipinski definition) is 2. The highest BCUT2D eigenvalue weighted by Crippen LogP contribution is 2.07. The topological polar surface area (TPSA) is 59.1 Å². The van der Waals surface area contributed by atoms with Crippen LogP contribution in [0.25, 0.3) is 0 Å². The third kappa shape index (κ3) is 3.46. The van der Waals surface area contributed by atoms with E-state index in [9.17, 15) is 0 Å². The Hall–Kier alpha value is -0.930. The van der Waals surface area contributed by atoms with Crippen LogP contribution in [0.4, 0.5) is 0 Å². The van der Waals surface area contributed by atoms with Crippen molar-refractivity contribution in [1.82, 2.24) is 4.98 Å². The third-order valence-electron chi connectivity index (χ3n) is 1.29. The van der Waals surface area contributed by atoms with Gasteiger partial charge < -0.3 is 10.8 Å². The van der Waals surface area contributed by atoms with Crippen LogP contribution in [-0.2, 0) is 0 Å². The maximum absolute atomic E-state index is 9.16. The van der Waals surface area contributed by atoms with Crippen LogP contribution in [0.2, 0.25) is 0 Å². The molecule has 0 aromatic carbocycles. The summed E-state index contributed by atoms with van der Waals surface area (Å²) in [6.07, 6.45) is 2.69. The Kier molecular flexibility index (Phi) is 6.24. The summed E-state index contributed by atoms with van der Waals surface area (Å²) in [6.45, 7) is 4.24. The Morgan fingerprint density at radius 3 is 2.67 bits per heavy atom. The van der Waals surface area contributed by atoms with Gasteiger partial charge in [-0.25, -0.2) is 0 Å². The van der Waals surface area contributed by atoms with Crippen molar-refractivity contribution in [3.8, 4) is 0 Å². The van der Waals surface area contributed by atoms with E-state index in [1.165, 1.54) is 0 Å². The van der Waals surface area contributed by atoms with Crippen LogP contribution in [0.1, 0.15) is 25.5 Å². The van der Waals surface area contributed by atoms with Crippen molar-refractivity contribution in [2.75, 3.05) is 6.54 Å². The van der Waals surface area contributed by atoms with Crippen molar-refractivity contribution in [1.29, 1.82) is 0 Å². The first-order chi connectivity index (χ1) is 5.84. The van der Waals surface area contributed by atoms with Gasteiger partial charge in [0.15, 0.2) is 0 Å². The predicted molar refractivity (Wildman–Crippen MR) is 49.6 cm³/mol. The molecule has 0 saturated carbocycles. The van der Waals surface area contributed by atoms with E-state index < -0.39 is 6.10 Å². The largest absolute Gasteiger partial charge is 0.387 e. The summed E-state index contributed by atoms with van der Waals surface area (Å²) in [7, 11) is 0. The molecule has 0 spiro atoms. The smallest absolute Gasteiger partial charge is 0.0927 e. The number of rotatable bonds is 2. The first kappa shape index (κ1) is 11.1. The molecule has 0 radical (unpaired) electrons. The monoisotopic (exact) mass is 168 g/mol. The summed E-state index contributed by atoms with van der Waals surface area (Å²) in [4.78, 5) is 3.84. The van der Waals surface area contributed by atoms with Gasteiger partial charge in [-0.15, -0.1) is 0 Å². The standard InChI is InChI=1S/C7H10N2O.C2H6/c8-4-7(10)6-2-1-3-9-5-6;1-2/h1-3,5,7,10H,4,8H2;1-2H3. The summed E-state index contributed by atoms with van der Waals surface area (Å²) in [5, 5.41) is 9.16. The predicted octanol–water partition coefficient (Wildman–Crippen LogP) is 1.10. The van der Waals surface area contributed by atoms with E-state index >= 15 is 0 Å². The Labute approximate surface area is 73.3 Å². The molecule has 0 aliphatic heterocycles. The average molecular weight is 168 g/mol. The van der Waals surface area contributed by atoms with Crippen LogP contribution in [-0.4, -0.2) is 16.6 Å². The minimum atomic E-state index is -0.575. The quantitative estimate of drug-likeness (QED) is 0.695. The maximum atomic E-state index is 9.16. The lowest BCUT2D eigenvalue weighted by Gasteiger charge is -2.05. The molecule has 1 unspecified atom stereocenters. The fraction of sp³-hybridized carbons (Fsp3) is 0.444. The molecule has 3 heteroatoms.